The molecule has 0 aromatic heterocycles. The van der Waals surface area contributed by atoms with Crippen molar-refractivity contribution in [3.05, 3.63) is 35.9 Å². The van der Waals surface area contributed by atoms with Crippen LogP contribution in [0.15, 0.2) is 30.3 Å². The van der Waals surface area contributed by atoms with Gasteiger partial charge in [0.2, 0.25) is 5.91 Å². The van der Waals surface area contributed by atoms with Crippen LogP contribution >= 0.6 is 0 Å². The van der Waals surface area contributed by atoms with E-state index in [1.807, 2.05) is 6.07 Å². The maximum Gasteiger partial charge on any atom is 0.238 e. The van der Waals surface area contributed by atoms with E-state index in [9.17, 15) is 4.79 Å². The van der Waals surface area contributed by atoms with Crippen molar-refractivity contribution in [2.75, 3.05) is 6.54 Å². The molecule has 4 atom stereocenters. The van der Waals surface area contributed by atoms with Crippen LogP contribution in [0, 0.1) is 11.8 Å². The third kappa shape index (κ3) is 1.79. The lowest BCUT2D eigenvalue weighted by Crippen LogP contribution is -2.42. The number of nitrogens with zero attached hydrogens (tertiary/aromatic N) is 1. The Labute approximate surface area is 114 Å². The van der Waals surface area contributed by atoms with Gasteiger partial charge in [-0.05, 0) is 36.7 Å². The van der Waals surface area contributed by atoms with E-state index in [-0.39, 0.29) is 12.1 Å². The number of nitrogens with one attached hydrogen (secondary N) is 1. The summed E-state index contributed by atoms with van der Waals surface area (Å²) in [6.45, 7) is 0.493. The first-order valence-electron chi connectivity index (χ1n) is 7.42. The molecule has 19 heavy (non-hydrogen) atoms. The van der Waals surface area contributed by atoms with Crippen LogP contribution in [0.5, 0.6) is 0 Å². The molecule has 3 fully saturated rings. The van der Waals surface area contributed by atoms with Gasteiger partial charge in [0, 0.05) is 6.04 Å². The molecule has 1 aliphatic heterocycles. The minimum absolute atomic E-state index is 0.0954. The number of rotatable bonds is 2. The summed E-state index contributed by atoms with van der Waals surface area (Å²) in [6, 6.07) is 10.9. The summed E-state index contributed by atoms with van der Waals surface area (Å²) in [5.41, 5.74) is 1.22. The molecule has 2 aliphatic carbocycles. The van der Waals surface area contributed by atoms with Gasteiger partial charge >= 0.3 is 0 Å². The van der Waals surface area contributed by atoms with Gasteiger partial charge in [-0.15, -0.1) is 0 Å². The van der Waals surface area contributed by atoms with Crippen LogP contribution in [0.2, 0.25) is 0 Å². The summed E-state index contributed by atoms with van der Waals surface area (Å²) in [6.07, 6.45) is 5.36. The Balaban J connectivity index is 1.63. The van der Waals surface area contributed by atoms with Crippen molar-refractivity contribution in [3.63, 3.8) is 0 Å². The minimum atomic E-state index is 0.0954. The SMILES string of the molecule is O=C1CNC(c2ccccc2)N1C1CC2CCC1C2. The van der Waals surface area contributed by atoms with Crippen LogP contribution in [-0.2, 0) is 4.79 Å². The zero-order valence-corrected chi connectivity index (χ0v) is 11.1. The molecule has 0 radical (unpaired) electrons. The van der Waals surface area contributed by atoms with E-state index in [0.29, 0.717) is 12.6 Å². The molecule has 0 spiro atoms. The number of hydrogen-bond donors (Lipinski definition) is 1. The highest BCUT2D eigenvalue weighted by Gasteiger charge is 2.47. The molecule has 3 aliphatic rings. The highest BCUT2D eigenvalue weighted by Crippen LogP contribution is 2.48. The predicted molar refractivity (Wildman–Crippen MR) is 73.3 cm³/mol. The Bertz CT molecular complexity index is 487. The fourth-order valence-electron chi connectivity index (χ4n) is 4.36. The molecule has 3 heteroatoms. The molecule has 1 aromatic rings. The Kier molecular flexibility index (Phi) is 2.62. The maximum absolute atomic E-state index is 12.3. The first-order valence-corrected chi connectivity index (χ1v) is 7.42. The average Bonchev–Trinajstić information content (AvgIpc) is 3.14. The second-order valence-electron chi connectivity index (χ2n) is 6.24. The van der Waals surface area contributed by atoms with E-state index >= 15 is 0 Å². The van der Waals surface area contributed by atoms with Crippen molar-refractivity contribution >= 4 is 5.91 Å². The summed E-state index contributed by atoms with van der Waals surface area (Å²) < 4.78 is 0. The Hall–Kier alpha value is -1.35. The van der Waals surface area contributed by atoms with Crippen LogP contribution in [0.25, 0.3) is 0 Å². The standard InChI is InChI=1S/C16H20N2O/c19-15-10-17-16(12-4-2-1-3-5-12)18(15)14-9-11-6-7-13(14)8-11/h1-5,11,13-14,16-17H,6-10H2. The quantitative estimate of drug-likeness (QED) is 0.880. The molecule has 1 amide bonds. The summed E-state index contributed by atoms with van der Waals surface area (Å²) >= 11 is 0. The second kappa shape index (κ2) is 4.34. The van der Waals surface area contributed by atoms with E-state index in [0.717, 1.165) is 11.8 Å². The molecule has 4 unspecified atom stereocenters. The van der Waals surface area contributed by atoms with Crippen molar-refractivity contribution in [1.29, 1.82) is 0 Å². The van der Waals surface area contributed by atoms with E-state index in [4.69, 9.17) is 0 Å². The molecule has 2 saturated carbocycles. The van der Waals surface area contributed by atoms with E-state index in [2.05, 4.69) is 34.5 Å². The fraction of sp³-hybridized carbons (Fsp3) is 0.562. The molecule has 3 nitrogen and oxygen atoms in total. The molecule has 1 saturated heterocycles. The molecular weight excluding hydrogens is 236 g/mol. The highest BCUT2D eigenvalue weighted by molar-refractivity contribution is 5.81. The first kappa shape index (κ1) is 11.5. The lowest BCUT2D eigenvalue weighted by Gasteiger charge is -2.35. The number of fused-ring (bicyclic) bond motifs is 2. The summed E-state index contributed by atoms with van der Waals surface area (Å²) in [5, 5.41) is 3.39. The molecule has 2 bridgehead atoms. The largest absolute Gasteiger partial charge is 0.319 e. The van der Waals surface area contributed by atoms with Crippen molar-refractivity contribution in [1.82, 2.24) is 10.2 Å². The third-order valence-electron chi connectivity index (χ3n) is 5.19. The van der Waals surface area contributed by atoms with Crippen LogP contribution in [-0.4, -0.2) is 23.4 Å². The van der Waals surface area contributed by atoms with E-state index < -0.39 is 0 Å². The first-order chi connectivity index (χ1) is 9.33. The highest BCUT2D eigenvalue weighted by atomic mass is 16.2. The average molecular weight is 256 g/mol. The number of hydrogen-bond acceptors (Lipinski definition) is 2. The van der Waals surface area contributed by atoms with Crippen LogP contribution in [0.3, 0.4) is 0 Å². The summed E-state index contributed by atoms with van der Waals surface area (Å²) in [5.74, 6) is 1.91. The Morgan fingerprint density at radius 3 is 2.63 bits per heavy atom. The van der Waals surface area contributed by atoms with Crippen molar-refractivity contribution in [3.8, 4) is 0 Å². The monoisotopic (exact) mass is 256 g/mol. The smallest absolute Gasteiger partial charge is 0.238 e. The lowest BCUT2D eigenvalue weighted by molar-refractivity contribution is -0.131. The van der Waals surface area contributed by atoms with Gasteiger partial charge in [-0.1, -0.05) is 36.8 Å². The van der Waals surface area contributed by atoms with Gasteiger partial charge in [-0.2, -0.15) is 0 Å². The van der Waals surface area contributed by atoms with Crippen molar-refractivity contribution in [2.45, 2.75) is 37.9 Å². The van der Waals surface area contributed by atoms with Gasteiger partial charge < -0.3 is 4.90 Å². The molecule has 1 N–H and O–H groups in total. The van der Waals surface area contributed by atoms with Gasteiger partial charge in [-0.25, -0.2) is 0 Å². The lowest BCUT2D eigenvalue weighted by atomic mass is 9.93. The van der Waals surface area contributed by atoms with Gasteiger partial charge in [0.1, 0.15) is 6.17 Å². The summed E-state index contributed by atoms with van der Waals surface area (Å²) in [7, 11) is 0. The predicted octanol–water partition coefficient (Wildman–Crippen LogP) is 2.31. The zero-order chi connectivity index (χ0) is 12.8. The Morgan fingerprint density at radius 1 is 1.11 bits per heavy atom. The Morgan fingerprint density at radius 2 is 1.95 bits per heavy atom. The topological polar surface area (TPSA) is 32.3 Å². The number of carbonyl (C=O) groups excluding carboxylic acids is 1. The van der Waals surface area contributed by atoms with Crippen molar-refractivity contribution in [2.24, 2.45) is 11.8 Å². The minimum Gasteiger partial charge on any atom is -0.319 e. The van der Waals surface area contributed by atoms with E-state index in [1.54, 1.807) is 0 Å². The van der Waals surface area contributed by atoms with Gasteiger partial charge in [0.15, 0.2) is 0 Å². The maximum atomic E-state index is 12.3. The van der Waals surface area contributed by atoms with Gasteiger partial charge in [0.25, 0.3) is 0 Å². The van der Waals surface area contributed by atoms with Crippen LogP contribution in [0.1, 0.15) is 37.4 Å². The van der Waals surface area contributed by atoms with Crippen LogP contribution < -0.4 is 5.32 Å². The van der Waals surface area contributed by atoms with Gasteiger partial charge in [-0.3, -0.25) is 10.1 Å². The molecule has 100 valence electrons. The molecular formula is C16H20N2O. The third-order valence-corrected chi connectivity index (χ3v) is 5.19. The second-order valence-corrected chi connectivity index (χ2v) is 6.24. The normalized spacial score (nSPS) is 37.3. The van der Waals surface area contributed by atoms with Crippen molar-refractivity contribution < 1.29 is 4.79 Å². The molecule has 1 aromatic carbocycles. The van der Waals surface area contributed by atoms with Crippen LogP contribution in [0.4, 0.5) is 0 Å². The number of amides is 1. The number of benzene rings is 1. The molecule has 1 heterocycles. The van der Waals surface area contributed by atoms with Gasteiger partial charge in [0.05, 0.1) is 6.54 Å². The summed E-state index contributed by atoms with van der Waals surface area (Å²) in [4.78, 5) is 14.4. The zero-order valence-electron chi connectivity index (χ0n) is 11.1. The van der Waals surface area contributed by atoms with E-state index in [1.165, 1.54) is 31.2 Å². The molecule has 4 rings (SSSR count). The fourth-order valence-corrected chi connectivity index (χ4v) is 4.36. The number of carbonyl (C=O) groups is 1.